The van der Waals surface area contributed by atoms with Crippen LogP contribution in [-0.2, 0) is 0 Å². The number of carbonyl (C=O) groups is 2. The highest BCUT2D eigenvalue weighted by atomic mass is 16.2. The molecule has 2 fully saturated rings. The Labute approximate surface area is 95.4 Å². The zero-order chi connectivity index (χ0) is 12.0. The number of likely N-dealkylation sites (N-methyl/N-ethyl adjacent to an activating group) is 4. The lowest BCUT2D eigenvalue weighted by atomic mass is 10.3. The summed E-state index contributed by atoms with van der Waals surface area (Å²) in [5.74, 6) is 0. The van der Waals surface area contributed by atoms with Crippen molar-refractivity contribution in [1.82, 2.24) is 19.6 Å². The fraction of sp³-hybridized carbons (Fsp3) is 0.800. The van der Waals surface area contributed by atoms with E-state index in [-0.39, 0.29) is 24.4 Å². The van der Waals surface area contributed by atoms with Crippen LogP contribution in [0.3, 0.4) is 0 Å². The quantitative estimate of drug-likeness (QED) is 0.685. The van der Waals surface area contributed by atoms with Crippen molar-refractivity contribution in [3.05, 3.63) is 0 Å². The number of hydrogen-bond acceptors (Lipinski definition) is 2. The van der Waals surface area contributed by atoms with Crippen LogP contribution in [0.1, 0.15) is 13.8 Å². The zero-order valence-electron chi connectivity index (χ0n) is 10.2. The largest absolute Gasteiger partial charge is 0.323 e. The summed E-state index contributed by atoms with van der Waals surface area (Å²) in [6, 6.07) is -0.00870. The molecule has 4 amide bonds. The summed E-state index contributed by atoms with van der Waals surface area (Å²) >= 11 is 0. The van der Waals surface area contributed by atoms with Crippen molar-refractivity contribution in [1.29, 1.82) is 0 Å². The van der Waals surface area contributed by atoms with E-state index in [0.717, 1.165) is 0 Å². The molecule has 6 heteroatoms. The average molecular weight is 226 g/mol. The highest BCUT2D eigenvalue weighted by molar-refractivity contribution is 5.84. The maximum atomic E-state index is 12.0. The van der Waals surface area contributed by atoms with Gasteiger partial charge in [-0.1, -0.05) is 0 Å². The van der Waals surface area contributed by atoms with Gasteiger partial charge in [0.05, 0.1) is 0 Å². The molecule has 2 heterocycles. The highest BCUT2D eigenvalue weighted by Gasteiger charge is 2.55. The molecule has 2 aliphatic heterocycles. The second-order valence-electron chi connectivity index (χ2n) is 4.19. The molecule has 0 aromatic carbocycles. The Morgan fingerprint density at radius 3 is 1.56 bits per heavy atom. The van der Waals surface area contributed by atoms with Crippen LogP contribution in [0, 0.1) is 0 Å². The molecular weight excluding hydrogens is 208 g/mol. The number of rotatable bonds is 2. The molecule has 0 atom stereocenters. The third-order valence-electron chi connectivity index (χ3n) is 3.48. The Morgan fingerprint density at radius 1 is 0.875 bits per heavy atom. The summed E-state index contributed by atoms with van der Waals surface area (Å²) < 4.78 is 0. The molecule has 0 saturated carbocycles. The Bertz CT molecular complexity index is 303. The van der Waals surface area contributed by atoms with Gasteiger partial charge in [-0.25, -0.2) is 9.59 Å². The van der Waals surface area contributed by atoms with Gasteiger partial charge in [-0.05, 0) is 13.8 Å². The summed E-state index contributed by atoms with van der Waals surface area (Å²) in [5, 5.41) is 0. The molecule has 0 radical (unpaired) electrons. The number of hydrogen-bond donors (Lipinski definition) is 0. The second-order valence-corrected chi connectivity index (χ2v) is 4.19. The minimum Gasteiger partial charge on any atom is -0.303 e. The fourth-order valence-electron chi connectivity index (χ4n) is 2.65. The molecule has 0 aliphatic carbocycles. The van der Waals surface area contributed by atoms with Crippen LogP contribution in [-0.4, -0.2) is 71.2 Å². The number of fused-ring (bicyclic) bond motifs is 1. The van der Waals surface area contributed by atoms with Gasteiger partial charge >= 0.3 is 12.1 Å². The number of amides is 4. The molecule has 0 N–H and O–H groups in total. The van der Waals surface area contributed by atoms with Crippen LogP contribution >= 0.6 is 0 Å². The van der Waals surface area contributed by atoms with Gasteiger partial charge in [0.1, 0.15) is 12.3 Å². The van der Waals surface area contributed by atoms with Crippen molar-refractivity contribution >= 4 is 12.1 Å². The van der Waals surface area contributed by atoms with Gasteiger partial charge < -0.3 is 19.6 Å². The molecule has 16 heavy (non-hydrogen) atoms. The summed E-state index contributed by atoms with van der Waals surface area (Å²) in [7, 11) is 3.50. The van der Waals surface area contributed by atoms with E-state index in [2.05, 4.69) is 0 Å². The van der Waals surface area contributed by atoms with E-state index in [4.69, 9.17) is 0 Å². The standard InChI is InChI=1S/C10H18N4O2/c1-5-13-8-7(11(3)9(13)15)12(4)10(16)14(8)6-2/h7-8H,5-6H2,1-4H3/t7-,8+. The van der Waals surface area contributed by atoms with E-state index in [1.54, 1.807) is 33.7 Å². The van der Waals surface area contributed by atoms with Crippen molar-refractivity contribution < 1.29 is 9.59 Å². The lowest BCUT2D eigenvalue weighted by molar-refractivity contribution is 0.136. The van der Waals surface area contributed by atoms with Crippen molar-refractivity contribution in [2.24, 2.45) is 0 Å². The smallest absolute Gasteiger partial charge is 0.303 e. The molecule has 90 valence electrons. The van der Waals surface area contributed by atoms with E-state index < -0.39 is 0 Å². The van der Waals surface area contributed by atoms with Crippen LogP contribution in [0.15, 0.2) is 0 Å². The number of nitrogens with zero attached hydrogens (tertiary/aromatic N) is 4. The van der Waals surface area contributed by atoms with Crippen molar-refractivity contribution in [3.63, 3.8) is 0 Å². The predicted octanol–water partition coefficient (Wildman–Crippen LogP) is 0.413. The van der Waals surface area contributed by atoms with E-state index in [1.165, 1.54) is 0 Å². The molecule has 2 saturated heterocycles. The molecule has 0 bridgehead atoms. The first-order valence-electron chi connectivity index (χ1n) is 5.61. The lowest BCUT2D eigenvalue weighted by Gasteiger charge is -2.27. The first-order valence-corrected chi connectivity index (χ1v) is 5.61. The Hall–Kier alpha value is -1.46. The summed E-state index contributed by atoms with van der Waals surface area (Å²) in [4.78, 5) is 30.7. The van der Waals surface area contributed by atoms with Crippen molar-refractivity contribution in [3.8, 4) is 0 Å². The van der Waals surface area contributed by atoms with Gasteiger partial charge in [-0.15, -0.1) is 0 Å². The highest BCUT2D eigenvalue weighted by Crippen LogP contribution is 2.32. The van der Waals surface area contributed by atoms with Crippen molar-refractivity contribution in [2.75, 3.05) is 27.2 Å². The summed E-state index contributed by atoms with van der Waals surface area (Å²) in [6.45, 7) is 5.12. The van der Waals surface area contributed by atoms with E-state index in [9.17, 15) is 9.59 Å². The van der Waals surface area contributed by atoms with Crippen LogP contribution < -0.4 is 0 Å². The van der Waals surface area contributed by atoms with E-state index in [0.29, 0.717) is 13.1 Å². The second kappa shape index (κ2) is 3.54. The minimum atomic E-state index is -0.153. The molecule has 0 aromatic heterocycles. The molecule has 6 nitrogen and oxygen atoms in total. The lowest BCUT2D eigenvalue weighted by Crippen LogP contribution is -2.46. The van der Waals surface area contributed by atoms with Gasteiger partial charge in [0.15, 0.2) is 0 Å². The van der Waals surface area contributed by atoms with Gasteiger partial charge in [0.25, 0.3) is 0 Å². The Balaban J connectivity index is 2.38. The van der Waals surface area contributed by atoms with Gasteiger partial charge in [0, 0.05) is 27.2 Å². The molecular formula is C10H18N4O2. The molecule has 0 unspecified atom stereocenters. The van der Waals surface area contributed by atoms with Crippen LogP contribution in [0.5, 0.6) is 0 Å². The molecule has 2 rings (SSSR count). The van der Waals surface area contributed by atoms with Crippen LogP contribution in [0.2, 0.25) is 0 Å². The van der Waals surface area contributed by atoms with Crippen LogP contribution in [0.4, 0.5) is 9.59 Å². The van der Waals surface area contributed by atoms with Gasteiger partial charge in [-0.3, -0.25) is 0 Å². The third-order valence-corrected chi connectivity index (χ3v) is 3.48. The average Bonchev–Trinajstić information content (AvgIpc) is 2.65. The Kier molecular flexibility index (Phi) is 2.44. The zero-order valence-corrected chi connectivity index (χ0v) is 10.2. The van der Waals surface area contributed by atoms with Gasteiger partial charge in [-0.2, -0.15) is 0 Å². The first kappa shape index (κ1) is 11.0. The maximum Gasteiger partial charge on any atom is 0.323 e. The van der Waals surface area contributed by atoms with Crippen molar-refractivity contribution in [2.45, 2.75) is 26.2 Å². The number of urea groups is 2. The van der Waals surface area contributed by atoms with E-state index >= 15 is 0 Å². The number of carbonyl (C=O) groups excluding carboxylic acids is 2. The molecule has 2 aliphatic rings. The van der Waals surface area contributed by atoms with Gasteiger partial charge in [0.2, 0.25) is 0 Å². The van der Waals surface area contributed by atoms with Crippen LogP contribution in [0.25, 0.3) is 0 Å². The maximum absolute atomic E-state index is 12.0. The summed E-state index contributed by atoms with van der Waals surface area (Å²) in [5.41, 5.74) is 0. The third kappa shape index (κ3) is 1.12. The minimum absolute atomic E-state index is 0.00435. The normalized spacial score (nSPS) is 29.5. The molecule has 0 spiro atoms. The first-order chi connectivity index (χ1) is 7.54. The summed E-state index contributed by atoms with van der Waals surface area (Å²) in [6.07, 6.45) is -0.287. The monoisotopic (exact) mass is 226 g/mol. The molecule has 0 aromatic rings. The fourth-order valence-corrected chi connectivity index (χ4v) is 2.65. The Morgan fingerprint density at radius 2 is 1.25 bits per heavy atom. The van der Waals surface area contributed by atoms with E-state index in [1.807, 2.05) is 13.8 Å². The predicted molar refractivity (Wildman–Crippen MR) is 58.7 cm³/mol. The topological polar surface area (TPSA) is 47.1 Å². The SMILES string of the molecule is CCN1C(=O)N(C)[C@H]2[C@@H]1N(CC)C(=O)N2C.